The second-order valence-electron chi connectivity index (χ2n) is 8.59. The van der Waals surface area contributed by atoms with E-state index < -0.39 is 0 Å². The summed E-state index contributed by atoms with van der Waals surface area (Å²) in [6.07, 6.45) is 7.08. The van der Waals surface area contributed by atoms with E-state index in [4.69, 9.17) is 14.2 Å². The molecule has 2 aromatic carbocycles. The van der Waals surface area contributed by atoms with E-state index in [0.29, 0.717) is 42.9 Å². The summed E-state index contributed by atoms with van der Waals surface area (Å²) in [6.45, 7) is 3.86. The first-order valence-corrected chi connectivity index (χ1v) is 11.9. The number of rotatable bonds is 8. The van der Waals surface area contributed by atoms with Gasteiger partial charge in [-0.25, -0.2) is 4.98 Å². The largest absolute Gasteiger partial charge is 0.493 e. The number of nitrogens with zero attached hydrogens (tertiary/aromatic N) is 2. The van der Waals surface area contributed by atoms with Crippen molar-refractivity contribution < 1.29 is 23.8 Å². The molecule has 3 unspecified atom stereocenters. The molecular weight excluding hydrogens is 446 g/mol. The first kappa shape index (κ1) is 24.3. The molecule has 1 heterocycles. The molecule has 1 aliphatic rings. The minimum Gasteiger partial charge on any atom is -0.493 e. The molecule has 0 aliphatic heterocycles. The van der Waals surface area contributed by atoms with Gasteiger partial charge in [0.1, 0.15) is 6.10 Å². The van der Waals surface area contributed by atoms with E-state index in [9.17, 15) is 9.59 Å². The van der Waals surface area contributed by atoms with Crippen LogP contribution in [0.3, 0.4) is 0 Å². The van der Waals surface area contributed by atoms with Crippen LogP contribution in [-0.2, 0) is 9.53 Å². The lowest BCUT2D eigenvalue weighted by Crippen LogP contribution is -2.44. The van der Waals surface area contributed by atoms with Gasteiger partial charge in [-0.05, 0) is 68.1 Å². The maximum absolute atomic E-state index is 13.2. The Labute approximate surface area is 205 Å². The first-order chi connectivity index (χ1) is 17.0. The molecule has 1 N–H and O–H groups in total. The van der Waals surface area contributed by atoms with E-state index in [0.717, 1.165) is 11.3 Å². The number of hydrogen-bond acceptors (Lipinski definition) is 6. The zero-order chi connectivity index (χ0) is 24.8. The Bertz CT molecular complexity index is 1140. The fourth-order valence-corrected chi connectivity index (χ4v) is 4.66. The highest BCUT2D eigenvalue weighted by Crippen LogP contribution is 2.38. The molecule has 8 nitrogen and oxygen atoms in total. The van der Waals surface area contributed by atoms with Gasteiger partial charge < -0.3 is 24.1 Å². The summed E-state index contributed by atoms with van der Waals surface area (Å²) in [6, 6.07) is 13.1. The number of carbonyl (C=O) groups excluding carboxylic acids is 2. The Morgan fingerprint density at radius 2 is 1.91 bits per heavy atom. The number of benzene rings is 2. The van der Waals surface area contributed by atoms with Gasteiger partial charge >= 0.3 is 5.97 Å². The van der Waals surface area contributed by atoms with E-state index in [1.165, 1.54) is 6.92 Å². The number of carbonyl (C=O) groups is 2. The Balaban J connectivity index is 1.55. The number of aromatic nitrogens is 2. The van der Waals surface area contributed by atoms with Crippen LogP contribution in [0.1, 0.15) is 54.9 Å². The van der Waals surface area contributed by atoms with Crippen molar-refractivity contribution in [3.63, 3.8) is 0 Å². The molecule has 35 heavy (non-hydrogen) atoms. The van der Waals surface area contributed by atoms with Crippen molar-refractivity contribution in [2.45, 2.75) is 51.2 Å². The molecule has 1 amide bonds. The lowest BCUT2D eigenvalue weighted by Gasteiger charge is -2.36. The van der Waals surface area contributed by atoms with E-state index in [1.54, 1.807) is 19.6 Å². The minimum atomic E-state index is -0.293. The molecule has 3 aromatic rings. The molecule has 0 radical (unpaired) electrons. The average Bonchev–Trinajstić information content (AvgIpc) is 3.40. The van der Waals surface area contributed by atoms with Gasteiger partial charge in [0, 0.05) is 42.5 Å². The van der Waals surface area contributed by atoms with Crippen LogP contribution in [0.15, 0.2) is 61.2 Å². The lowest BCUT2D eigenvalue weighted by atomic mass is 9.78. The molecule has 8 heteroatoms. The number of esters is 1. The van der Waals surface area contributed by atoms with Gasteiger partial charge in [0.25, 0.3) is 5.91 Å². The smallest absolute Gasteiger partial charge is 0.302 e. The zero-order valence-corrected chi connectivity index (χ0v) is 20.3. The van der Waals surface area contributed by atoms with Crippen LogP contribution in [0.4, 0.5) is 0 Å². The van der Waals surface area contributed by atoms with Crippen molar-refractivity contribution in [2.75, 3.05) is 13.7 Å². The fraction of sp³-hybridized carbons (Fsp3) is 0.370. The highest BCUT2D eigenvalue weighted by Gasteiger charge is 2.34. The number of imidazole rings is 1. The van der Waals surface area contributed by atoms with Gasteiger partial charge in [-0.3, -0.25) is 9.59 Å². The normalized spacial score (nSPS) is 19.6. The SMILES string of the molecule is CCOc1cc(C2CC(OC(C)=O)CCC2NC(=O)c2ccc(-n3ccnc3)cc2)ccc1OC. The third-order valence-electron chi connectivity index (χ3n) is 6.30. The van der Waals surface area contributed by atoms with Crippen molar-refractivity contribution in [2.24, 2.45) is 0 Å². The summed E-state index contributed by atoms with van der Waals surface area (Å²) in [7, 11) is 1.61. The van der Waals surface area contributed by atoms with Gasteiger partial charge in [-0.1, -0.05) is 6.07 Å². The summed E-state index contributed by atoms with van der Waals surface area (Å²) in [5.41, 5.74) is 2.52. The highest BCUT2D eigenvalue weighted by atomic mass is 16.5. The quantitative estimate of drug-likeness (QED) is 0.487. The van der Waals surface area contributed by atoms with E-state index >= 15 is 0 Å². The molecule has 1 saturated carbocycles. The van der Waals surface area contributed by atoms with Gasteiger partial charge in [-0.2, -0.15) is 0 Å². The summed E-state index contributed by atoms with van der Waals surface area (Å²) in [5, 5.41) is 3.22. The van der Waals surface area contributed by atoms with Gasteiger partial charge in [0.2, 0.25) is 0 Å². The molecule has 3 atom stereocenters. The molecule has 4 rings (SSSR count). The number of nitrogens with one attached hydrogen (secondary N) is 1. The third-order valence-corrected chi connectivity index (χ3v) is 6.30. The third kappa shape index (κ3) is 5.82. The van der Waals surface area contributed by atoms with Crippen LogP contribution in [0, 0.1) is 0 Å². The van der Waals surface area contributed by atoms with Gasteiger partial charge in [0.05, 0.1) is 20.0 Å². The molecule has 1 aliphatic carbocycles. The standard InChI is InChI=1S/C27H31N3O5/c1-4-34-26-15-20(7-12-25(26)33-3)23-16-22(35-18(2)31)10-11-24(23)29-27(32)19-5-8-21(9-6-19)30-14-13-28-17-30/h5-9,12-15,17,22-24H,4,10-11,16H2,1-3H3,(H,29,32). The van der Waals surface area contributed by atoms with E-state index in [2.05, 4.69) is 10.3 Å². The first-order valence-electron chi connectivity index (χ1n) is 11.9. The van der Waals surface area contributed by atoms with Crippen LogP contribution < -0.4 is 14.8 Å². The maximum Gasteiger partial charge on any atom is 0.302 e. The molecule has 1 aromatic heterocycles. The fourth-order valence-electron chi connectivity index (χ4n) is 4.66. The van der Waals surface area contributed by atoms with Gasteiger partial charge in [0.15, 0.2) is 11.5 Å². The predicted octanol–water partition coefficient (Wildman–Crippen LogP) is 4.28. The minimum absolute atomic E-state index is 0.0487. The topological polar surface area (TPSA) is 91.7 Å². The highest BCUT2D eigenvalue weighted by molar-refractivity contribution is 5.94. The van der Waals surface area contributed by atoms with Crippen LogP contribution in [0.5, 0.6) is 11.5 Å². The second kappa shape index (κ2) is 11.1. The number of amides is 1. The second-order valence-corrected chi connectivity index (χ2v) is 8.59. The Kier molecular flexibility index (Phi) is 7.70. The number of hydrogen-bond donors (Lipinski definition) is 1. The maximum atomic E-state index is 13.2. The van der Waals surface area contributed by atoms with Crippen molar-refractivity contribution >= 4 is 11.9 Å². The Morgan fingerprint density at radius 3 is 2.57 bits per heavy atom. The summed E-state index contributed by atoms with van der Waals surface area (Å²) < 4.78 is 18.6. The molecule has 0 saturated heterocycles. The summed E-state index contributed by atoms with van der Waals surface area (Å²) in [5.74, 6) is 0.830. The summed E-state index contributed by atoms with van der Waals surface area (Å²) >= 11 is 0. The molecule has 184 valence electrons. The number of ether oxygens (including phenoxy) is 3. The van der Waals surface area contributed by atoms with Crippen molar-refractivity contribution in [1.82, 2.24) is 14.9 Å². The van der Waals surface area contributed by atoms with Crippen molar-refractivity contribution in [1.29, 1.82) is 0 Å². The molecule has 0 spiro atoms. The van der Waals surface area contributed by atoms with Crippen LogP contribution in [-0.4, -0.2) is 47.3 Å². The Hall–Kier alpha value is -3.81. The van der Waals surface area contributed by atoms with Crippen molar-refractivity contribution in [3.05, 3.63) is 72.3 Å². The lowest BCUT2D eigenvalue weighted by molar-refractivity contribution is -0.148. The van der Waals surface area contributed by atoms with Crippen LogP contribution in [0.25, 0.3) is 5.69 Å². The molecule has 1 fully saturated rings. The average molecular weight is 478 g/mol. The monoisotopic (exact) mass is 477 g/mol. The van der Waals surface area contributed by atoms with Gasteiger partial charge in [-0.15, -0.1) is 0 Å². The Morgan fingerprint density at radius 1 is 1.11 bits per heavy atom. The zero-order valence-electron chi connectivity index (χ0n) is 20.3. The van der Waals surface area contributed by atoms with Crippen LogP contribution in [0.2, 0.25) is 0 Å². The summed E-state index contributed by atoms with van der Waals surface area (Å²) in [4.78, 5) is 28.8. The number of methoxy groups -OCH3 is 1. The molecule has 0 bridgehead atoms. The van der Waals surface area contributed by atoms with Crippen LogP contribution >= 0.6 is 0 Å². The predicted molar refractivity (Wildman–Crippen MR) is 131 cm³/mol. The van der Waals surface area contributed by atoms with Crippen molar-refractivity contribution in [3.8, 4) is 17.2 Å². The van der Waals surface area contributed by atoms with E-state index in [-0.39, 0.29) is 29.9 Å². The van der Waals surface area contributed by atoms with E-state index in [1.807, 2.05) is 60.2 Å². The molecular formula is C27H31N3O5.